The molecule has 2 rings (SSSR count). The van der Waals surface area contributed by atoms with E-state index in [0.29, 0.717) is 29.2 Å². The number of rotatable bonds is 18. The molecule has 0 heterocycles. The minimum atomic E-state index is -3.52. The van der Waals surface area contributed by atoms with Crippen molar-refractivity contribution in [2.24, 2.45) is 0 Å². The minimum absolute atomic E-state index is 0.0330. The summed E-state index contributed by atoms with van der Waals surface area (Å²) in [7, 11) is -3.52. The zero-order chi connectivity index (χ0) is 31.6. The van der Waals surface area contributed by atoms with E-state index in [2.05, 4.69) is 10.0 Å². The molecule has 10 nitrogen and oxygen atoms in total. The first kappa shape index (κ1) is 37.5. The molecule has 238 valence electrons. The Bertz CT molecular complexity index is 1160. The molecule has 0 aliphatic rings. The van der Waals surface area contributed by atoms with Gasteiger partial charge in [0.15, 0.2) is 0 Å². The van der Waals surface area contributed by atoms with Gasteiger partial charge in [-0.15, -0.1) is 0 Å². The van der Waals surface area contributed by atoms with E-state index in [9.17, 15) is 23.7 Å². The van der Waals surface area contributed by atoms with Crippen molar-refractivity contribution in [1.29, 1.82) is 0 Å². The number of aryl methyl sites for hydroxylation is 1. The Morgan fingerprint density at radius 3 is 2.26 bits per heavy atom. The molecule has 42 heavy (non-hydrogen) atoms. The van der Waals surface area contributed by atoms with Crippen LogP contribution < -0.4 is 10.0 Å². The third kappa shape index (κ3) is 16.8. The highest BCUT2D eigenvalue weighted by Gasteiger charge is 2.22. The Morgan fingerprint density at radius 1 is 0.976 bits per heavy atom. The van der Waals surface area contributed by atoms with Crippen molar-refractivity contribution in [2.45, 2.75) is 95.8 Å². The van der Waals surface area contributed by atoms with Gasteiger partial charge in [0.25, 0.3) is 5.97 Å². The van der Waals surface area contributed by atoms with Crippen molar-refractivity contribution >= 4 is 16.0 Å². The molecule has 0 amide bonds. The Labute approximate surface area is 251 Å². The number of aromatic hydroxyl groups is 1. The molecule has 0 spiro atoms. The van der Waals surface area contributed by atoms with E-state index in [1.165, 1.54) is 6.07 Å². The minimum Gasteiger partial charge on any atom is -0.508 e. The van der Waals surface area contributed by atoms with Crippen LogP contribution >= 0.6 is 0 Å². The number of sulfonamides is 1. The zero-order valence-corrected chi connectivity index (χ0v) is 26.3. The number of hydrogen-bond acceptors (Lipinski definition) is 8. The van der Waals surface area contributed by atoms with Crippen molar-refractivity contribution < 1.29 is 38.4 Å². The van der Waals surface area contributed by atoms with Crippen LogP contribution in [0.1, 0.15) is 89.0 Å². The molecule has 6 N–H and O–H groups in total. The molecule has 2 aromatic carbocycles. The Balaban J connectivity index is 0.00000206. The van der Waals surface area contributed by atoms with E-state index in [0.717, 1.165) is 70.6 Å². The van der Waals surface area contributed by atoms with E-state index >= 15 is 0 Å². The topological polar surface area (TPSA) is 165 Å². The summed E-state index contributed by atoms with van der Waals surface area (Å²) in [5.74, 6) is -0.800. The van der Waals surface area contributed by atoms with Crippen LogP contribution in [-0.2, 0) is 32.6 Å². The highest BCUT2D eigenvalue weighted by Crippen LogP contribution is 2.22. The lowest BCUT2D eigenvalue weighted by Gasteiger charge is -2.20. The summed E-state index contributed by atoms with van der Waals surface area (Å²) in [5, 5.41) is 39.8. The van der Waals surface area contributed by atoms with E-state index in [4.69, 9.17) is 14.6 Å². The fourth-order valence-corrected chi connectivity index (χ4v) is 5.56. The van der Waals surface area contributed by atoms with Gasteiger partial charge in [-0.05, 0) is 94.8 Å². The van der Waals surface area contributed by atoms with Crippen LogP contribution in [-0.4, -0.2) is 66.7 Å². The van der Waals surface area contributed by atoms with Gasteiger partial charge in [-0.3, -0.25) is 4.79 Å². The number of carbonyl (C=O) groups is 1. The third-order valence-electron chi connectivity index (χ3n) is 6.04. The van der Waals surface area contributed by atoms with Gasteiger partial charge < -0.3 is 30.5 Å². The van der Waals surface area contributed by atoms with Crippen LogP contribution in [0.25, 0.3) is 0 Å². The molecule has 0 saturated heterocycles. The first-order valence-electron chi connectivity index (χ1n) is 14.5. The summed E-state index contributed by atoms with van der Waals surface area (Å²) < 4.78 is 33.5. The van der Waals surface area contributed by atoms with Gasteiger partial charge in [0.05, 0.1) is 17.6 Å². The van der Waals surface area contributed by atoms with Gasteiger partial charge in [-0.1, -0.05) is 31.0 Å². The second kappa shape index (κ2) is 19.6. The average Bonchev–Trinajstić information content (AvgIpc) is 2.90. The molecule has 0 aromatic heterocycles. The van der Waals surface area contributed by atoms with Gasteiger partial charge in [0, 0.05) is 37.8 Å². The number of unbranched alkanes of at least 4 members (excludes halogenated alkanes) is 4. The normalized spacial score (nSPS) is 12.4. The fraction of sp³-hybridized carbons (Fsp3) is 0.581. The second-order valence-electron chi connectivity index (χ2n) is 11.3. The van der Waals surface area contributed by atoms with E-state index in [1.807, 2.05) is 26.8 Å². The summed E-state index contributed by atoms with van der Waals surface area (Å²) in [6, 6.07) is 11.9. The monoisotopic (exact) mass is 610 g/mol. The molecular formula is C31H50N2O8S. The molecule has 0 aliphatic heterocycles. The smallest absolute Gasteiger partial charge is 0.300 e. The van der Waals surface area contributed by atoms with Crippen LogP contribution in [0.15, 0.2) is 47.4 Å². The molecule has 0 bridgehead atoms. The van der Waals surface area contributed by atoms with Crippen molar-refractivity contribution in [3.05, 3.63) is 59.2 Å². The standard InChI is InChI=1S/C29H46N2O6S.C2H4O2/c1-29(2,3)31-38(35,36)26-13-10-12-23(19-26)11-6-9-18-37-17-8-5-4-7-16-30-21-28(34)24-14-15-27(33)25(20-24)22-32;1-2(3)4/h10,12-15,19-20,28,30-34H,4-9,11,16-18,21-22H2,1-3H3;1H3,(H,3,4)/t28-;/m0./s1. The van der Waals surface area contributed by atoms with Crippen LogP contribution in [0.2, 0.25) is 0 Å². The van der Waals surface area contributed by atoms with Gasteiger partial charge in [-0.2, -0.15) is 0 Å². The molecule has 2 aromatic rings. The molecule has 0 aliphatic carbocycles. The zero-order valence-electron chi connectivity index (χ0n) is 25.4. The summed E-state index contributed by atoms with van der Waals surface area (Å²) in [6.07, 6.45) is 6.22. The maximum Gasteiger partial charge on any atom is 0.300 e. The number of hydrogen-bond donors (Lipinski definition) is 6. The van der Waals surface area contributed by atoms with Crippen LogP contribution in [0, 0.1) is 0 Å². The molecule has 0 fully saturated rings. The van der Waals surface area contributed by atoms with Crippen LogP contribution in [0.4, 0.5) is 0 Å². The number of aliphatic hydroxyl groups excluding tert-OH is 2. The van der Waals surface area contributed by atoms with Crippen molar-refractivity contribution in [1.82, 2.24) is 10.0 Å². The second-order valence-corrected chi connectivity index (χ2v) is 13.0. The Kier molecular flexibility index (Phi) is 17.5. The number of nitrogens with one attached hydrogen (secondary N) is 2. The summed E-state index contributed by atoms with van der Waals surface area (Å²) in [4.78, 5) is 9.31. The lowest BCUT2D eigenvalue weighted by Crippen LogP contribution is -2.40. The predicted molar refractivity (Wildman–Crippen MR) is 164 cm³/mol. The van der Waals surface area contributed by atoms with Crippen molar-refractivity contribution in [3.63, 3.8) is 0 Å². The maximum absolute atomic E-state index is 12.5. The number of phenols is 1. The molecule has 11 heteroatoms. The summed E-state index contributed by atoms with van der Waals surface area (Å²) in [5.41, 5.74) is 1.58. The lowest BCUT2D eigenvalue weighted by molar-refractivity contribution is -0.134. The van der Waals surface area contributed by atoms with Crippen molar-refractivity contribution in [2.75, 3.05) is 26.3 Å². The number of ether oxygens (including phenoxy) is 1. The predicted octanol–water partition coefficient (Wildman–Crippen LogP) is 4.28. The molecule has 0 unspecified atom stereocenters. The van der Waals surface area contributed by atoms with Gasteiger partial charge in [0.2, 0.25) is 10.0 Å². The highest BCUT2D eigenvalue weighted by molar-refractivity contribution is 7.89. The van der Waals surface area contributed by atoms with E-state index in [-0.39, 0.29) is 12.4 Å². The Hall–Kier alpha value is -2.54. The first-order valence-corrected chi connectivity index (χ1v) is 15.9. The van der Waals surface area contributed by atoms with Crippen molar-refractivity contribution in [3.8, 4) is 5.75 Å². The van der Waals surface area contributed by atoms with Gasteiger partial charge in [-0.25, -0.2) is 13.1 Å². The average molecular weight is 611 g/mol. The van der Waals surface area contributed by atoms with Gasteiger partial charge in [0.1, 0.15) is 5.75 Å². The lowest BCUT2D eigenvalue weighted by atomic mass is 10.1. The quantitative estimate of drug-likeness (QED) is 0.135. The van der Waals surface area contributed by atoms with E-state index < -0.39 is 27.6 Å². The van der Waals surface area contributed by atoms with Crippen LogP contribution in [0.3, 0.4) is 0 Å². The summed E-state index contributed by atoms with van der Waals surface area (Å²) >= 11 is 0. The molecular weight excluding hydrogens is 560 g/mol. The number of aliphatic hydroxyl groups is 2. The van der Waals surface area contributed by atoms with Crippen LogP contribution in [0.5, 0.6) is 5.75 Å². The SMILES string of the molecule is CC(=O)O.CC(C)(C)NS(=O)(=O)c1cccc(CCCCOCCCCCCNC[C@H](O)c2ccc(O)c(CO)c2)c1. The summed E-state index contributed by atoms with van der Waals surface area (Å²) in [6.45, 7) is 9.00. The fourth-order valence-electron chi connectivity index (χ4n) is 4.07. The number of aliphatic carboxylic acids is 1. The highest BCUT2D eigenvalue weighted by atomic mass is 32.2. The number of carboxylic acids is 1. The molecule has 0 radical (unpaired) electrons. The Morgan fingerprint density at radius 2 is 1.62 bits per heavy atom. The maximum atomic E-state index is 12.5. The molecule has 1 atom stereocenters. The third-order valence-corrected chi connectivity index (χ3v) is 7.80. The first-order chi connectivity index (χ1) is 19.7. The number of carboxylic acid groups (broad SMARTS) is 1. The number of benzene rings is 2. The van der Waals surface area contributed by atoms with E-state index in [1.54, 1.807) is 30.3 Å². The molecule has 0 saturated carbocycles. The largest absolute Gasteiger partial charge is 0.508 e. The van der Waals surface area contributed by atoms with Gasteiger partial charge >= 0.3 is 0 Å².